The van der Waals surface area contributed by atoms with Crippen LogP contribution in [0.25, 0.3) is 0 Å². The average Bonchev–Trinajstić information content (AvgIpc) is 3.06. The predicted octanol–water partition coefficient (Wildman–Crippen LogP) is 11.6. The fourth-order valence-corrected chi connectivity index (χ4v) is 4.89. The van der Waals surface area contributed by atoms with Gasteiger partial charge >= 0.3 is 11.9 Å². The van der Waals surface area contributed by atoms with Gasteiger partial charge in [-0.2, -0.15) is 0 Å². The van der Waals surface area contributed by atoms with Crippen molar-refractivity contribution in [3.05, 3.63) is 60.8 Å². The van der Waals surface area contributed by atoms with Crippen molar-refractivity contribution < 1.29 is 24.2 Å². The zero-order valence-corrected chi connectivity index (χ0v) is 29.8. The van der Waals surface area contributed by atoms with Gasteiger partial charge in [0.1, 0.15) is 19.3 Å². The molecule has 1 atom stereocenters. The first kappa shape index (κ1) is 43.6. The van der Waals surface area contributed by atoms with Crippen LogP contribution in [-0.2, 0) is 19.1 Å². The van der Waals surface area contributed by atoms with Gasteiger partial charge in [-0.15, -0.1) is 0 Å². The monoisotopic (exact) mass is 643 g/mol. The first-order valence-corrected chi connectivity index (χ1v) is 18.8. The van der Waals surface area contributed by atoms with Gasteiger partial charge in [-0.3, -0.25) is 9.59 Å². The highest BCUT2D eigenvalue weighted by molar-refractivity contribution is 5.70. The molecule has 0 aliphatic carbocycles. The van der Waals surface area contributed by atoms with Gasteiger partial charge in [0.15, 0.2) is 0 Å². The molecule has 0 saturated heterocycles. The molecule has 46 heavy (non-hydrogen) atoms. The predicted molar refractivity (Wildman–Crippen MR) is 196 cm³/mol. The summed E-state index contributed by atoms with van der Waals surface area (Å²) in [5, 5.41) is 9.98. The van der Waals surface area contributed by atoms with E-state index in [-0.39, 0.29) is 31.6 Å². The lowest BCUT2D eigenvalue weighted by Gasteiger charge is -2.12. The molecule has 0 aromatic rings. The van der Waals surface area contributed by atoms with Crippen molar-refractivity contribution in [3.63, 3.8) is 0 Å². The fraction of sp³-hybridized carbons (Fsp3) is 0.707. The van der Waals surface area contributed by atoms with Gasteiger partial charge in [-0.25, -0.2) is 0 Å². The normalized spacial score (nSPS) is 12.8. The third kappa shape index (κ3) is 36.1. The Morgan fingerprint density at radius 2 is 0.804 bits per heavy atom. The Bertz CT molecular complexity index is 823. The van der Waals surface area contributed by atoms with Gasteiger partial charge in [0.2, 0.25) is 0 Å². The molecule has 5 heteroatoms. The standard InChI is InChI=1S/C41H70O5/c1-3-5-7-9-11-13-15-17-18-19-20-21-22-24-26-28-30-32-34-36-41(44)46-38-39(42)37-45-40(43)35-33-31-29-27-25-23-16-14-12-10-8-6-4-2/h11,13,17-18,20-21,24,26,30,32,39,42H,3-10,12,14-16,19,22-23,25,27-29,31,33-38H2,1-2H3/b13-11-,18-17-,21-20-,26-24-,32-30-/t39-/m1/s1. The molecular weight excluding hydrogens is 572 g/mol. The van der Waals surface area contributed by atoms with Crippen LogP contribution in [0.1, 0.15) is 168 Å². The van der Waals surface area contributed by atoms with Gasteiger partial charge in [-0.1, -0.05) is 164 Å². The zero-order valence-electron chi connectivity index (χ0n) is 29.8. The van der Waals surface area contributed by atoms with E-state index in [0.29, 0.717) is 12.8 Å². The second-order valence-electron chi connectivity index (χ2n) is 12.3. The van der Waals surface area contributed by atoms with Crippen molar-refractivity contribution in [1.29, 1.82) is 0 Å². The van der Waals surface area contributed by atoms with Gasteiger partial charge in [0.05, 0.1) is 0 Å². The molecule has 0 fully saturated rings. The van der Waals surface area contributed by atoms with E-state index in [1.54, 1.807) is 0 Å². The Balaban J connectivity index is 3.59. The van der Waals surface area contributed by atoms with Crippen LogP contribution in [0.4, 0.5) is 0 Å². The molecule has 0 radical (unpaired) electrons. The zero-order chi connectivity index (χ0) is 33.6. The lowest BCUT2D eigenvalue weighted by Crippen LogP contribution is -2.25. The molecule has 0 amide bonds. The summed E-state index contributed by atoms with van der Waals surface area (Å²) in [5.41, 5.74) is 0. The Morgan fingerprint density at radius 1 is 0.457 bits per heavy atom. The summed E-state index contributed by atoms with van der Waals surface area (Å²) in [7, 11) is 0. The fourth-order valence-electron chi connectivity index (χ4n) is 4.89. The van der Waals surface area contributed by atoms with Crippen molar-refractivity contribution in [2.75, 3.05) is 13.2 Å². The van der Waals surface area contributed by atoms with Crippen LogP contribution in [-0.4, -0.2) is 36.4 Å². The number of hydrogen-bond acceptors (Lipinski definition) is 5. The minimum absolute atomic E-state index is 0.139. The number of carbonyl (C=O) groups is 2. The van der Waals surface area contributed by atoms with E-state index >= 15 is 0 Å². The minimum Gasteiger partial charge on any atom is -0.463 e. The summed E-state index contributed by atoms with van der Waals surface area (Å²) in [5.74, 6) is -0.660. The summed E-state index contributed by atoms with van der Waals surface area (Å²) < 4.78 is 10.3. The van der Waals surface area contributed by atoms with E-state index in [2.05, 4.69) is 62.5 Å². The Kier molecular flexibility index (Phi) is 35.1. The number of esters is 2. The van der Waals surface area contributed by atoms with E-state index in [1.807, 2.05) is 12.2 Å². The number of unbranched alkanes of at least 4 members (excludes halogenated alkanes) is 15. The lowest BCUT2D eigenvalue weighted by atomic mass is 10.0. The van der Waals surface area contributed by atoms with Crippen LogP contribution in [0.5, 0.6) is 0 Å². The quantitative estimate of drug-likeness (QED) is 0.0438. The molecule has 1 N–H and O–H groups in total. The van der Waals surface area contributed by atoms with Crippen molar-refractivity contribution in [2.24, 2.45) is 0 Å². The first-order chi connectivity index (χ1) is 22.6. The van der Waals surface area contributed by atoms with E-state index in [0.717, 1.165) is 44.9 Å². The van der Waals surface area contributed by atoms with Crippen LogP contribution < -0.4 is 0 Å². The summed E-state index contributed by atoms with van der Waals surface area (Å²) in [6, 6.07) is 0. The van der Waals surface area contributed by atoms with Gasteiger partial charge in [-0.05, 0) is 51.4 Å². The van der Waals surface area contributed by atoms with Crippen molar-refractivity contribution in [3.8, 4) is 0 Å². The van der Waals surface area contributed by atoms with Crippen LogP contribution in [0.15, 0.2) is 60.8 Å². The first-order valence-electron chi connectivity index (χ1n) is 18.8. The maximum Gasteiger partial charge on any atom is 0.306 e. The highest BCUT2D eigenvalue weighted by Crippen LogP contribution is 2.13. The summed E-state index contributed by atoms with van der Waals surface area (Å²) in [6.45, 7) is 4.20. The number of aliphatic hydroxyl groups is 1. The molecule has 264 valence electrons. The lowest BCUT2D eigenvalue weighted by molar-refractivity contribution is -0.152. The molecular formula is C41H70O5. The van der Waals surface area contributed by atoms with Gasteiger partial charge in [0, 0.05) is 12.8 Å². The van der Waals surface area contributed by atoms with Gasteiger partial charge < -0.3 is 14.6 Å². The number of hydrogen-bond donors (Lipinski definition) is 1. The molecule has 0 heterocycles. The average molecular weight is 643 g/mol. The van der Waals surface area contributed by atoms with Crippen molar-refractivity contribution in [2.45, 2.75) is 174 Å². The number of allylic oxidation sites excluding steroid dienone is 10. The Hall–Kier alpha value is -2.40. The maximum atomic E-state index is 11.9. The topological polar surface area (TPSA) is 72.8 Å². The van der Waals surface area contributed by atoms with Crippen molar-refractivity contribution >= 4 is 11.9 Å². The molecule has 0 saturated carbocycles. The van der Waals surface area contributed by atoms with Crippen molar-refractivity contribution in [1.82, 2.24) is 0 Å². The molecule has 0 aromatic heterocycles. The summed E-state index contributed by atoms with van der Waals surface area (Å²) in [6.07, 6.45) is 47.1. The second-order valence-corrected chi connectivity index (χ2v) is 12.3. The number of aliphatic hydroxyl groups excluding tert-OH is 1. The van der Waals surface area contributed by atoms with Gasteiger partial charge in [0.25, 0.3) is 0 Å². The molecule has 0 aromatic carbocycles. The molecule has 0 spiro atoms. The van der Waals surface area contributed by atoms with E-state index < -0.39 is 6.10 Å². The van der Waals surface area contributed by atoms with E-state index in [9.17, 15) is 14.7 Å². The third-order valence-corrected chi connectivity index (χ3v) is 7.77. The number of rotatable bonds is 33. The number of carbonyl (C=O) groups excluding carboxylic acids is 2. The van der Waals surface area contributed by atoms with E-state index in [1.165, 1.54) is 89.9 Å². The molecule has 0 aliphatic heterocycles. The molecule has 0 aliphatic rings. The maximum absolute atomic E-state index is 11.9. The summed E-state index contributed by atoms with van der Waals surface area (Å²) >= 11 is 0. The Labute approximate surface area is 283 Å². The van der Waals surface area contributed by atoms with Crippen LogP contribution in [0, 0.1) is 0 Å². The molecule has 5 nitrogen and oxygen atoms in total. The van der Waals surface area contributed by atoms with Crippen LogP contribution >= 0.6 is 0 Å². The molecule has 0 unspecified atom stereocenters. The summed E-state index contributed by atoms with van der Waals surface area (Å²) in [4.78, 5) is 23.8. The van der Waals surface area contributed by atoms with E-state index in [4.69, 9.17) is 9.47 Å². The second kappa shape index (κ2) is 37.1. The number of ether oxygens (including phenoxy) is 2. The van der Waals surface area contributed by atoms with Crippen LogP contribution in [0.3, 0.4) is 0 Å². The third-order valence-electron chi connectivity index (χ3n) is 7.77. The molecule has 0 rings (SSSR count). The SMILES string of the molecule is CCCCC/C=C\C/C=C\C/C=C\C/C=C\C/C=C\CCC(=O)OC[C@H](O)COC(=O)CCCCCCCCCCCCCCC. The van der Waals surface area contributed by atoms with Crippen LogP contribution in [0.2, 0.25) is 0 Å². The minimum atomic E-state index is -0.993. The highest BCUT2D eigenvalue weighted by Gasteiger charge is 2.11. The molecule has 0 bridgehead atoms. The smallest absolute Gasteiger partial charge is 0.306 e. The Morgan fingerprint density at radius 3 is 1.26 bits per heavy atom. The highest BCUT2D eigenvalue weighted by atomic mass is 16.6. The largest absolute Gasteiger partial charge is 0.463 e.